The number of methoxy groups -OCH3 is 1. The lowest BCUT2D eigenvalue weighted by Crippen LogP contribution is -2.03. The fourth-order valence-electron chi connectivity index (χ4n) is 0.757. The molecule has 0 aliphatic heterocycles. The minimum absolute atomic E-state index is 0.159. The first-order valence-electron chi connectivity index (χ1n) is 3.93. The molecule has 2 nitrogen and oxygen atoms in total. The number of hydrogen-bond donors (Lipinski definition) is 1. The van der Waals surface area contributed by atoms with Crippen LogP contribution in [0.3, 0.4) is 0 Å². The van der Waals surface area contributed by atoms with Gasteiger partial charge < -0.3 is 10.5 Å². The van der Waals surface area contributed by atoms with Gasteiger partial charge in [0.1, 0.15) is 0 Å². The van der Waals surface area contributed by atoms with Crippen LogP contribution < -0.4 is 5.73 Å². The highest BCUT2D eigenvalue weighted by molar-refractivity contribution is 5.17. The van der Waals surface area contributed by atoms with E-state index in [1.807, 2.05) is 37.3 Å². The third-order valence-corrected chi connectivity index (χ3v) is 1.33. The Kier molecular flexibility index (Phi) is 6.34. The topological polar surface area (TPSA) is 35.2 Å². The molecule has 0 saturated carbocycles. The van der Waals surface area contributed by atoms with Crippen LogP contribution in [0.4, 0.5) is 0 Å². The van der Waals surface area contributed by atoms with Crippen LogP contribution in [0.15, 0.2) is 30.3 Å². The third kappa shape index (κ3) is 4.88. The van der Waals surface area contributed by atoms with Crippen LogP contribution in [0.5, 0.6) is 0 Å². The van der Waals surface area contributed by atoms with Crippen LogP contribution in [0.25, 0.3) is 0 Å². The third-order valence-electron chi connectivity index (χ3n) is 1.33. The van der Waals surface area contributed by atoms with E-state index in [0.717, 1.165) is 0 Å². The highest BCUT2D eigenvalue weighted by Crippen LogP contribution is 2.06. The van der Waals surface area contributed by atoms with Crippen molar-refractivity contribution >= 4 is 0 Å². The second-order valence-corrected chi connectivity index (χ2v) is 2.61. The van der Waals surface area contributed by atoms with Gasteiger partial charge in [-0.1, -0.05) is 30.3 Å². The molecule has 0 amide bonds. The molecule has 0 aromatic heterocycles. The number of hydrogen-bond acceptors (Lipinski definition) is 2. The molecule has 0 bridgehead atoms. The maximum Gasteiger partial charge on any atom is 0.0351 e. The fraction of sp³-hybridized carbons (Fsp3) is 0.400. The van der Waals surface area contributed by atoms with Crippen molar-refractivity contribution in [3.8, 4) is 0 Å². The van der Waals surface area contributed by atoms with E-state index in [1.165, 1.54) is 5.56 Å². The van der Waals surface area contributed by atoms with Crippen molar-refractivity contribution in [3.05, 3.63) is 35.9 Å². The minimum Gasteiger partial charge on any atom is -0.388 e. The second kappa shape index (κ2) is 6.83. The summed E-state index contributed by atoms with van der Waals surface area (Å²) in [7, 11) is 3.25. The summed E-state index contributed by atoms with van der Waals surface area (Å²) in [6, 6.07) is 10.2. The van der Waals surface area contributed by atoms with E-state index in [1.54, 1.807) is 14.2 Å². The summed E-state index contributed by atoms with van der Waals surface area (Å²) >= 11 is 0. The van der Waals surface area contributed by atoms with Crippen molar-refractivity contribution < 1.29 is 4.74 Å². The zero-order valence-electron chi connectivity index (χ0n) is 7.95. The molecule has 1 aromatic carbocycles. The second-order valence-electron chi connectivity index (χ2n) is 2.61. The van der Waals surface area contributed by atoms with Crippen LogP contribution in [0.1, 0.15) is 18.5 Å². The predicted molar refractivity (Wildman–Crippen MR) is 52.0 cm³/mol. The maximum absolute atomic E-state index is 5.61. The number of benzene rings is 1. The lowest BCUT2D eigenvalue weighted by molar-refractivity contribution is 0.277. The van der Waals surface area contributed by atoms with Gasteiger partial charge in [0.2, 0.25) is 0 Å². The molecular formula is C10H17NO. The van der Waals surface area contributed by atoms with Gasteiger partial charge in [0.25, 0.3) is 0 Å². The van der Waals surface area contributed by atoms with E-state index in [-0.39, 0.29) is 6.04 Å². The molecular weight excluding hydrogens is 150 g/mol. The van der Waals surface area contributed by atoms with Gasteiger partial charge in [-0.25, -0.2) is 0 Å². The standard InChI is InChI=1S/C8H11N.C2H6O/c1-7(9)8-5-3-2-4-6-8;1-3-2/h2-7H,9H2,1H3;1-2H3. The molecule has 0 spiro atoms. The summed E-state index contributed by atoms with van der Waals surface area (Å²) in [5.41, 5.74) is 6.81. The SMILES string of the molecule is CC(N)c1ccccc1.COC. The van der Waals surface area contributed by atoms with Gasteiger partial charge in [0, 0.05) is 20.3 Å². The lowest BCUT2D eigenvalue weighted by atomic mass is 10.1. The highest BCUT2D eigenvalue weighted by atomic mass is 16.4. The first-order valence-corrected chi connectivity index (χ1v) is 3.93. The normalized spacial score (nSPS) is 11.3. The van der Waals surface area contributed by atoms with E-state index in [9.17, 15) is 0 Å². The van der Waals surface area contributed by atoms with Gasteiger partial charge in [-0.05, 0) is 12.5 Å². The molecule has 2 heteroatoms. The Morgan fingerprint density at radius 3 is 1.83 bits per heavy atom. The van der Waals surface area contributed by atoms with Gasteiger partial charge in [-0.3, -0.25) is 0 Å². The van der Waals surface area contributed by atoms with Crippen molar-refractivity contribution in [1.29, 1.82) is 0 Å². The molecule has 0 aliphatic rings. The predicted octanol–water partition coefficient (Wildman–Crippen LogP) is 1.97. The summed E-state index contributed by atoms with van der Waals surface area (Å²) in [6.07, 6.45) is 0. The largest absolute Gasteiger partial charge is 0.388 e. The van der Waals surface area contributed by atoms with Gasteiger partial charge in [-0.2, -0.15) is 0 Å². The molecule has 68 valence electrons. The first kappa shape index (κ1) is 11.1. The van der Waals surface area contributed by atoms with Gasteiger partial charge in [0.05, 0.1) is 0 Å². The van der Waals surface area contributed by atoms with Crippen LogP contribution in [-0.4, -0.2) is 14.2 Å². The Labute approximate surface area is 74.4 Å². The molecule has 1 rings (SSSR count). The van der Waals surface area contributed by atoms with Crippen molar-refractivity contribution in [3.63, 3.8) is 0 Å². The molecule has 0 saturated heterocycles. The van der Waals surface area contributed by atoms with E-state index in [2.05, 4.69) is 4.74 Å². The van der Waals surface area contributed by atoms with Crippen molar-refractivity contribution in [1.82, 2.24) is 0 Å². The number of ether oxygens (including phenoxy) is 1. The minimum atomic E-state index is 0.159. The highest BCUT2D eigenvalue weighted by Gasteiger charge is 1.93. The Morgan fingerprint density at radius 2 is 1.58 bits per heavy atom. The zero-order valence-corrected chi connectivity index (χ0v) is 7.95. The monoisotopic (exact) mass is 167 g/mol. The molecule has 0 fully saturated rings. The van der Waals surface area contributed by atoms with E-state index in [0.29, 0.717) is 0 Å². The van der Waals surface area contributed by atoms with Crippen molar-refractivity contribution in [2.75, 3.05) is 14.2 Å². The number of nitrogens with two attached hydrogens (primary N) is 1. The molecule has 1 aromatic rings. The maximum atomic E-state index is 5.61. The zero-order chi connectivity index (χ0) is 9.40. The van der Waals surface area contributed by atoms with Crippen molar-refractivity contribution in [2.45, 2.75) is 13.0 Å². The smallest absolute Gasteiger partial charge is 0.0351 e. The van der Waals surface area contributed by atoms with E-state index < -0.39 is 0 Å². The Balaban J connectivity index is 0.000000354. The summed E-state index contributed by atoms with van der Waals surface area (Å²) in [5, 5.41) is 0. The fourth-order valence-corrected chi connectivity index (χ4v) is 0.757. The molecule has 0 heterocycles. The summed E-state index contributed by atoms with van der Waals surface area (Å²) in [6.45, 7) is 1.98. The van der Waals surface area contributed by atoms with Crippen molar-refractivity contribution in [2.24, 2.45) is 5.73 Å². The van der Waals surface area contributed by atoms with Gasteiger partial charge in [-0.15, -0.1) is 0 Å². The first-order chi connectivity index (χ1) is 5.72. The quantitative estimate of drug-likeness (QED) is 0.694. The molecule has 1 atom stereocenters. The molecule has 1 unspecified atom stereocenters. The molecule has 12 heavy (non-hydrogen) atoms. The van der Waals surface area contributed by atoms with Crippen LogP contribution in [-0.2, 0) is 4.74 Å². The number of rotatable bonds is 1. The van der Waals surface area contributed by atoms with Crippen LogP contribution in [0, 0.1) is 0 Å². The lowest BCUT2D eigenvalue weighted by Gasteiger charge is -2.02. The average Bonchev–Trinajstić information content (AvgIpc) is 2.07. The molecule has 0 aliphatic carbocycles. The Morgan fingerprint density at radius 1 is 1.17 bits per heavy atom. The molecule has 0 radical (unpaired) electrons. The summed E-state index contributed by atoms with van der Waals surface area (Å²) < 4.78 is 4.25. The Bertz CT molecular complexity index is 184. The Hall–Kier alpha value is -0.860. The van der Waals surface area contributed by atoms with E-state index in [4.69, 9.17) is 5.73 Å². The summed E-state index contributed by atoms with van der Waals surface area (Å²) in [4.78, 5) is 0. The van der Waals surface area contributed by atoms with Crippen LogP contribution >= 0.6 is 0 Å². The van der Waals surface area contributed by atoms with E-state index >= 15 is 0 Å². The average molecular weight is 167 g/mol. The summed E-state index contributed by atoms with van der Waals surface area (Å²) in [5.74, 6) is 0. The van der Waals surface area contributed by atoms with Crippen LogP contribution in [0.2, 0.25) is 0 Å². The molecule has 2 N–H and O–H groups in total. The van der Waals surface area contributed by atoms with Gasteiger partial charge >= 0.3 is 0 Å². The van der Waals surface area contributed by atoms with Gasteiger partial charge in [0.15, 0.2) is 0 Å².